The van der Waals surface area contributed by atoms with Gasteiger partial charge in [-0.05, 0) is 25.1 Å². The van der Waals surface area contributed by atoms with Crippen molar-refractivity contribution in [1.29, 1.82) is 0 Å². The van der Waals surface area contributed by atoms with E-state index >= 15 is 0 Å². The van der Waals surface area contributed by atoms with Crippen molar-refractivity contribution in [3.05, 3.63) is 53.5 Å². The van der Waals surface area contributed by atoms with E-state index in [0.29, 0.717) is 17.1 Å². The normalized spacial score (nSPS) is 10.2. The Kier molecular flexibility index (Phi) is 3.23. The molecule has 0 saturated carbocycles. The zero-order valence-corrected chi connectivity index (χ0v) is 9.48. The van der Waals surface area contributed by atoms with Crippen molar-refractivity contribution >= 4 is 5.69 Å². The van der Waals surface area contributed by atoms with Gasteiger partial charge in [-0.15, -0.1) is 0 Å². The third-order valence-electron chi connectivity index (χ3n) is 2.38. The summed E-state index contributed by atoms with van der Waals surface area (Å²) < 4.78 is 18.9. The Bertz CT molecular complexity index is 508. The summed E-state index contributed by atoms with van der Waals surface area (Å²) in [5.74, 6) is 0.102. The number of anilines is 1. The van der Waals surface area contributed by atoms with Gasteiger partial charge in [0.05, 0.1) is 0 Å². The highest BCUT2D eigenvalue weighted by molar-refractivity contribution is 5.46. The molecule has 1 aromatic carbocycles. The molecule has 0 atom stereocenters. The average Bonchev–Trinajstić information content (AvgIpc) is 2.28. The van der Waals surface area contributed by atoms with Crippen molar-refractivity contribution in [2.75, 3.05) is 5.73 Å². The Hall–Kier alpha value is -2.10. The average molecular weight is 232 g/mol. The lowest BCUT2D eigenvalue weighted by molar-refractivity contribution is 0.288. The number of ether oxygens (including phenoxy) is 1. The van der Waals surface area contributed by atoms with Crippen LogP contribution in [0.2, 0.25) is 0 Å². The predicted octanol–water partition coefficient (Wildman–Crippen LogP) is 2.69. The lowest BCUT2D eigenvalue weighted by Gasteiger charge is -2.08. The van der Waals surface area contributed by atoms with Crippen LogP contribution in [0.5, 0.6) is 5.88 Å². The van der Waals surface area contributed by atoms with Crippen LogP contribution in [0.4, 0.5) is 10.1 Å². The van der Waals surface area contributed by atoms with Crippen LogP contribution < -0.4 is 10.5 Å². The molecule has 88 valence electrons. The first-order chi connectivity index (χ1) is 8.16. The molecule has 0 amide bonds. The van der Waals surface area contributed by atoms with Crippen molar-refractivity contribution in [3.63, 3.8) is 0 Å². The van der Waals surface area contributed by atoms with Gasteiger partial charge < -0.3 is 10.5 Å². The first kappa shape index (κ1) is 11.4. The van der Waals surface area contributed by atoms with Gasteiger partial charge >= 0.3 is 0 Å². The molecule has 0 radical (unpaired) electrons. The van der Waals surface area contributed by atoms with Crippen molar-refractivity contribution < 1.29 is 9.13 Å². The van der Waals surface area contributed by atoms with Crippen LogP contribution in [-0.2, 0) is 6.61 Å². The fourth-order valence-corrected chi connectivity index (χ4v) is 1.47. The highest BCUT2D eigenvalue weighted by Crippen LogP contribution is 2.18. The SMILES string of the molecule is Cc1cccc(OCc2c(N)cccc2F)n1. The number of hydrogen-bond donors (Lipinski definition) is 1. The molecule has 1 aromatic heterocycles. The Morgan fingerprint density at radius 1 is 1.24 bits per heavy atom. The number of aromatic nitrogens is 1. The van der Waals surface area contributed by atoms with Crippen LogP contribution in [0.3, 0.4) is 0 Å². The number of nitrogens with two attached hydrogens (primary N) is 1. The highest BCUT2D eigenvalue weighted by atomic mass is 19.1. The number of halogens is 1. The largest absolute Gasteiger partial charge is 0.473 e. The quantitative estimate of drug-likeness (QED) is 0.828. The summed E-state index contributed by atoms with van der Waals surface area (Å²) in [6, 6.07) is 10.00. The molecule has 3 nitrogen and oxygen atoms in total. The molecule has 0 bridgehead atoms. The Balaban J connectivity index is 2.13. The zero-order valence-electron chi connectivity index (χ0n) is 9.48. The summed E-state index contributed by atoms with van der Waals surface area (Å²) in [4.78, 5) is 4.16. The number of benzene rings is 1. The molecule has 0 saturated heterocycles. The standard InChI is InChI=1S/C13H13FN2O/c1-9-4-2-7-13(16-9)17-8-10-11(14)5-3-6-12(10)15/h2-7H,8,15H2,1H3. The minimum Gasteiger partial charge on any atom is -0.473 e. The molecule has 0 fully saturated rings. The first-order valence-electron chi connectivity index (χ1n) is 5.26. The fourth-order valence-electron chi connectivity index (χ4n) is 1.47. The second kappa shape index (κ2) is 4.82. The minimum atomic E-state index is -0.363. The van der Waals surface area contributed by atoms with Gasteiger partial charge in [-0.1, -0.05) is 12.1 Å². The van der Waals surface area contributed by atoms with Crippen LogP contribution in [0.1, 0.15) is 11.3 Å². The maximum atomic E-state index is 13.5. The monoisotopic (exact) mass is 232 g/mol. The summed E-state index contributed by atoms with van der Waals surface area (Å²) in [5.41, 5.74) is 7.27. The fraction of sp³-hybridized carbons (Fsp3) is 0.154. The Labute approximate surface area is 99.1 Å². The van der Waals surface area contributed by atoms with E-state index in [-0.39, 0.29) is 12.4 Å². The summed E-state index contributed by atoms with van der Waals surface area (Å²) >= 11 is 0. The Morgan fingerprint density at radius 3 is 2.71 bits per heavy atom. The zero-order chi connectivity index (χ0) is 12.3. The maximum Gasteiger partial charge on any atom is 0.213 e. The lowest BCUT2D eigenvalue weighted by Crippen LogP contribution is -2.04. The summed E-state index contributed by atoms with van der Waals surface area (Å²) in [6.45, 7) is 1.94. The molecule has 2 aromatic rings. The second-order valence-electron chi connectivity index (χ2n) is 3.71. The minimum absolute atomic E-state index is 0.0783. The molecule has 0 aliphatic rings. The van der Waals surface area contributed by atoms with Crippen LogP contribution in [-0.4, -0.2) is 4.98 Å². The number of pyridine rings is 1. The highest BCUT2D eigenvalue weighted by Gasteiger charge is 2.07. The molecule has 0 unspecified atom stereocenters. The van der Waals surface area contributed by atoms with Gasteiger partial charge in [-0.2, -0.15) is 0 Å². The number of nitrogen functional groups attached to an aromatic ring is 1. The van der Waals surface area contributed by atoms with Gasteiger partial charge in [0.25, 0.3) is 0 Å². The van der Waals surface area contributed by atoms with Crippen molar-refractivity contribution in [2.24, 2.45) is 0 Å². The van der Waals surface area contributed by atoms with Crippen LogP contribution >= 0.6 is 0 Å². The molecule has 1 heterocycles. The number of hydrogen-bond acceptors (Lipinski definition) is 3. The predicted molar refractivity (Wildman–Crippen MR) is 64.1 cm³/mol. The molecular formula is C13H13FN2O. The third kappa shape index (κ3) is 2.72. The summed E-state index contributed by atoms with van der Waals surface area (Å²) in [5, 5.41) is 0. The van der Waals surface area contributed by atoms with Gasteiger partial charge in [0.2, 0.25) is 5.88 Å². The van der Waals surface area contributed by atoms with E-state index in [2.05, 4.69) is 4.98 Å². The van der Waals surface area contributed by atoms with Gasteiger partial charge in [-0.3, -0.25) is 0 Å². The van der Waals surface area contributed by atoms with E-state index in [9.17, 15) is 4.39 Å². The van der Waals surface area contributed by atoms with Crippen LogP contribution in [0.25, 0.3) is 0 Å². The van der Waals surface area contributed by atoms with E-state index in [1.165, 1.54) is 6.07 Å². The van der Waals surface area contributed by atoms with Gasteiger partial charge in [0.1, 0.15) is 12.4 Å². The van der Waals surface area contributed by atoms with Gasteiger partial charge in [-0.25, -0.2) is 9.37 Å². The maximum absolute atomic E-state index is 13.5. The first-order valence-corrected chi connectivity index (χ1v) is 5.26. The number of aryl methyl sites for hydroxylation is 1. The molecule has 2 N–H and O–H groups in total. The number of rotatable bonds is 3. The summed E-state index contributed by atoms with van der Waals surface area (Å²) in [7, 11) is 0. The van der Waals surface area contributed by atoms with Crippen molar-refractivity contribution in [3.8, 4) is 5.88 Å². The van der Waals surface area contributed by atoms with E-state index in [4.69, 9.17) is 10.5 Å². The molecule has 0 aliphatic heterocycles. The lowest BCUT2D eigenvalue weighted by atomic mass is 10.2. The molecule has 17 heavy (non-hydrogen) atoms. The van der Waals surface area contributed by atoms with Crippen LogP contribution in [0, 0.1) is 12.7 Å². The van der Waals surface area contributed by atoms with E-state index < -0.39 is 0 Å². The van der Waals surface area contributed by atoms with E-state index in [1.807, 2.05) is 19.1 Å². The second-order valence-corrected chi connectivity index (χ2v) is 3.71. The summed E-state index contributed by atoms with van der Waals surface area (Å²) in [6.07, 6.45) is 0. The molecule has 2 rings (SSSR count). The van der Waals surface area contributed by atoms with Crippen LogP contribution in [0.15, 0.2) is 36.4 Å². The van der Waals surface area contributed by atoms with E-state index in [1.54, 1.807) is 18.2 Å². The van der Waals surface area contributed by atoms with Gasteiger partial charge in [0, 0.05) is 23.0 Å². The molecule has 0 aliphatic carbocycles. The Morgan fingerprint density at radius 2 is 2.00 bits per heavy atom. The van der Waals surface area contributed by atoms with Crippen molar-refractivity contribution in [1.82, 2.24) is 4.98 Å². The smallest absolute Gasteiger partial charge is 0.213 e. The molecular weight excluding hydrogens is 219 g/mol. The van der Waals surface area contributed by atoms with Crippen molar-refractivity contribution in [2.45, 2.75) is 13.5 Å². The topological polar surface area (TPSA) is 48.1 Å². The molecule has 0 spiro atoms. The number of nitrogens with zero attached hydrogens (tertiary/aromatic N) is 1. The molecule has 4 heteroatoms. The third-order valence-corrected chi connectivity index (χ3v) is 2.38. The van der Waals surface area contributed by atoms with E-state index in [0.717, 1.165) is 5.69 Å². The van der Waals surface area contributed by atoms with Gasteiger partial charge in [0.15, 0.2) is 0 Å².